The SMILES string of the molecule is [CH2]C(C)(C)OC1CCCC1. The largest absolute Gasteiger partial charge is 0.372 e. The van der Waals surface area contributed by atoms with Crippen molar-refractivity contribution in [3.63, 3.8) is 0 Å². The van der Waals surface area contributed by atoms with Gasteiger partial charge in [-0.25, -0.2) is 0 Å². The average molecular weight is 141 g/mol. The van der Waals surface area contributed by atoms with Crippen molar-refractivity contribution in [3.8, 4) is 0 Å². The molecule has 0 amide bonds. The first kappa shape index (κ1) is 8.06. The van der Waals surface area contributed by atoms with Crippen molar-refractivity contribution in [1.29, 1.82) is 0 Å². The standard InChI is InChI=1S/C9H17O/c1-9(2,3)10-8-6-4-5-7-8/h8H,1,4-7H2,2-3H3. The van der Waals surface area contributed by atoms with E-state index in [1.807, 2.05) is 13.8 Å². The van der Waals surface area contributed by atoms with E-state index in [1.54, 1.807) is 0 Å². The van der Waals surface area contributed by atoms with Gasteiger partial charge in [0.2, 0.25) is 0 Å². The highest BCUT2D eigenvalue weighted by atomic mass is 16.5. The second kappa shape index (κ2) is 2.91. The number of ether oxygens (including phenoxy) is 1. The molecule has 0 heterocycles. The van der Waals surface area contributed by atoms with E-state index in [2.05, 4.69) is 6.92 Å². The van der Waals surface area contributed by atoms with Crippen molar-refractivity contribution in [2.24, 2.45) is 0 Å². The highest BCUT2D eigenvalue weighted by molar-refractivity contribution is 4.76. The van der Waals surface area contributed by atoms with Gasteiger partial charge in [-0.3, -0.25) is 0 Å². The maximum Gasteiger partial charge on any atom is 0.0631 e. The molecule has 0 aliphatic heterocycles. The first-order valence-corrected chi connectivity index (χ1v) is 4.11. The summed E-state index contributed by atoms with van der Waals surface area (Å²) in [5, 5.41) is 0. The van der Waals surface area contributed by atoms with E-state index in [4.69, 9.17) is 4.74 Å². The van der Waals surface area contributed by atoms with Crippen LogP contribution in [0.4, 0.5) is 0 Å². The first-order chi connectivity index (χ1) is 4.58. The summed E-state index contributed by atoms with van der Waals surface area (Å²) < 4.78 is 5.69. The molecule has 0 saturated heterocycles. The third-order valence-corrected chi connectivity index (χ3v) is 1.79. The van der Waals surface area contributed by atoms with E-state index in [1.165, 1.54) is 25.7 Å². The van der Waals surface area contributed by atoms with Crippen LogP contribution in [0.1, 0.15) is 39.5 Å². The topological polar surface area (TPSA) is 9.23 Å². The van der Waals surface area contributed by atoms with E-state index in [0.717, 1.165) is 0 Å². The average Bonchev–Trinajstić information content (AvgIpc) is 2.12. The Hall–Kier alpha value is -0.0400. The van der Waals surface area contributed by atoms with Gasteiger partial charge in [0.05, 0.1) is 11.7 Å². The molecule has 0 unspecified atom stereocenters. The minimum Gasteiger partial charge on any atom is -0.372 e. The molecule has 1 radical (unpaired) electrons. The molecule has 10 heavy (non-hydrogen) atoms. The van der Waals surface area contributed by atoms with Gasteiger partial charge in [-0.05, 0) is 33.6 Å². The summed E-state index contributed by atoms with van der Waals surface area (Å²) in [5.41, 5.74) is -0.186. The molecular weight excluding hydrogens is 124 g/mol. The zero-order valence-corrected chi connectivity index (χ0v) is 7.02. The lowest BCUT2D eigenvalue weighted by atomic mass is 10.2. The lowest BCUT2D eigenvalue weighted by molar-refractivity contribution is -0.0389. The molecule has 59 valence electrons. The molecule has 0 N–H and O–H groups in total. The second-order valence-corrected chi connectivity index (χ2v) is 3.78. The van der Waals surface area contributed by atoms with Crippen LogP contribution in [0.25, 0.3) is 0 Å². The molecule has 1 aliphatic carbocycles. The van der Waals surface area contributed by atoms with Crippen molar-refractivity contribution in [2.45, 2.75) is 51.2 Å². The van der Waals surface area contributed by atoms with Crippen LogP contribution < -0.4 is 0 Å². The lowest BCUT2D eigenvalue weighted by Gasteiger charge is -2.24. The lowest BCUT2D eigenvalue weighted by Crippen LogP contribution is -2.25. The summed E-state index contributed by atoms with van der Waals surface area (Å²) in [7, 11) is 0. The molecule has 1 fully saturated rings. The Bertz CT molecular complexity index is 95.8. The van der Waals surface area contributed by atoms with Crippen molar-refractivity contribution in [3.05, 3.63) is 6.92 Å². The molecule has 0 spiro atoms. The van der Waals surface area contributed by atoms with Gasteiger partial charge in [0.25, 0.3) is 0 Å². The van der Waals surface area contributed by atoms with Crippen LogP contribution >= 0.6 is 0 Å². The highest BCUT2D eigenvalue weighted by Gasteiger charge is 2.21. The maximum atomic E-state index is 5.69. The molecule has 0 aromatic carbocycles. The molecular formula is C9H17O. The van der Waals surface area contributed by atoms with Crippen LogP contribution in [0.5, 0.6) is 0 Å². The third kappa shape index (κ3) is 2.70. The van der Waals surface area contributed by atoms with Gasteiger partial charge < -0.3 is 4.74 Å². The third-order valence-electron chi connectivity index (χ3n) is 1.79. The summed E-state index contributed by atoms with van der Waals surface area (Å²) in [4.78, 5) is 0. The van der Waals surface area contributed by atoms with E-state index < -0.39 is 0 Å². The molecule has 1 aliphatic rings. The van der Waals surface area contributed by atoms with Crippen LogP contribution in [-0.4, -0.2) is 11.7 Å². The van der Waals surface area contributed by atoms with Crippen LogP contribution in [-0.2, 0) is 4.74 Å². The molecule has 0 aromatic rings. The van der Waals surface area contributed by atoms with E-state index in [-0.39, 0.29) is 5.60 Å². The van der Waals surface area contributed by atoms with Gasteiger partial charge in [0.15, 0.2) is 0 Å². The monoisotopic (exact) mass is 141 g/mol. The number of rotatable bonds is 2. The van der Waals surface area contributed by atoms with Crippen molar-refractivity contribution >= 4 is 0 Å². The molecule has 1 rings (SSSR count). The van der Waals surface area contributed by atoms with Crippen LogP contribution in [0, 0.1) is 6.92 Å². The summed E-state index contributed by atoms with van der Waals surface area (Å²) in [6.07, 6.45) is 5.63. The molecule has 0 aromatic heterocycles. The van der Waals surface area contributed by atoms with Gasteiger partial charge in [-0.1, -0.05) is 12.8 Å². The first-order valence-electron chi connectivity index (χ1n) is 4.11. The second-order valence-electron chi connectivity index (χ2n) is 3.78. The molecule has 1 saturated carbocycles. The van der Waals surface area contributed by atoms with Crippen LogP contribution in [0.2, 0.25) is 0 Å². The van der Waals surface area contributed by atoms with Crippen molar-refractivity contribution < 1.29 is 4.74 Å². The zero-order valence-electron chi connectivity index (χ0n) is 7.02. The fourth-order valence-corrected chi connectivity index (χ4v) is 1.46. The minimum atomic E-state index is -0.186. The fourth-order valence-electron chi connectivity index (χ4n) is 1.46. The Morgan fingerprint density at radius 2 is 1.80 bits per heavy atom. The smallest absolute Gasteiger partial charge is 0.0631 e. The Morgan fingerprint density at radius 1 is 1.30 bits per heavy atom. The number of hydrogen-bond acceptors (Lipinski definition) is 1. The molecule has 0 bridgehead atoms. The van der Waals surface area contributed by atoms with Crippen LogP contribution in [0.15, 0.2) is 0 Å². The predicted molar refractivity (Wildman–Crippen MR) is 42.8 cm³/mol. The van der Waals surface area contributed by atoms with Crippen LogP contribution in [0.3, 0.4) is 0 Å². The predicted octanol–water partition coefficient (Wildman–Crippen LogP) is 2.56. The van der Waals surface area contributed by atoms with E-state index in [0.29, 0.717) is 6.10 Å². The minimum absolute atomic E-state index is 0.186. The fraction of sp³-hybridized carbons (Fsp3) is 0.889. The van der Waals surface area contributed by atoms with Crippen molar-refractivity contribution in [2.75, 3.05) is 0 Å². The molecule has 1 nitrogen and oxygen atoms in total. The van der Waals surface area contributed by atoms with Gasteiger partial charge in [-0.2, -0.15) is 0 Å². The Morgan fingerprint density at radius 3 is 2.20 bits per heavy atom. The Kier molecular flexibility index (Phi) is 2.35. The summed E-state index contributed by atoms with van der Waals surface area (Å²) >= 11 is 0. The molecule has 1 heteroatoms. The molecule has 0 atom stereocenters. The Labute approximate surface area is 63.8 Å². The normalized spacial score (nSPS) is 21.9. The van der Waals surface area contributed by atoms with E-state index >= 15 is 0 Å². The highest BCUT2D eigenvalue weighted by Crippen LogP contribution is 2.24. The number of hydrogen-bond donors (Lipinski definition) is 0. The van der Waals surface area contributed by atoms with Gasteiger partial charge >= 0.3 is 0 Å². The van der Waals surface area contributed by atoms with Gasteiger partial charge in [-0.15, -0.1) is 0 Å². The Balaban J connectivity index is 2.24. The van der Waals surface area contributed by atoms with Gasteiger partial charge in [0, 0.05) is 0 Å². The summed E-state index contributed by atoms with van der Waals surface area (Å²) in [6, 6.07) is 0. The quantitative estimate of drug-likeness (QED) is 0.574. The maximum absolute atomic E-state index is 5.69. The van der Waals surface area contributed by atoms with E-state index in [9.17, 15) is 0 Å². The van der Waals surface area contributed by atoms with Crippen molar-refractivity contribution in [1.82, 2.24) is 0 Å². The van der Waals surface area contributed by atoms with Gasteiger partial charge in [0.1, 0.15) is 0 Å². The summed E-state index contributed by atoms with van der Waals surface area (Å²) in [5.74, 6) is 0. The zero-order chi connectivity index (χ0) is 7.61. The summed E-state index contributed by atoms with van der Waals surface area (Å²) in [6.45, 7) is 7.95.